The van der Waals surface area contributed by atoms with Crippen molar-refractivity contribution in [2.75, 3.05) is 13.1 Å². The van der Waals surface area contributed by atoms with Gasteiger partial charge in [-0.05, 0) is 19.3 Å². The van der Waals surface area contributed by atoms with E-state index in [9.17, 15) is 4.79 Å². The van der Waals surface area contributed by atoms with Gasteiger partial charge in [0.2, 0.25) is 0 Å². The van der Waals surface area contributed by atoms with E-state index in [0.717, 1.165) is 13.0 Å². The van der Waals surface area contributed by atoms with Crippen LogP contribution in [0.5, 0.6) is 0 Å². The van der Waals surface area contributed by atoms with E-state index in [0.29, 0.717) is 12.5 Å². The van der Waals surface area contributed by atoms with Gasteiger partial charge in [0.05, 0.1) is 0 Å². The normalized spacial score (nSPS) is 19.9. The Balaban J connectivity index is 1.77. The number of hydrogen-bond acceptors (Lipinski definition) is 1. The highest BCUT2D eigenvalue weighted by Gasteiger charge is 2.18. The molecule has 1 saturated carbocycles. The molecular weight excluding hydrogens is 176 g/mol. The van der Waals surface area contributed by atoms with E-state index in [1.165, 1.54) is 12.8 Å². The Kier molecular flexibility index (Phi) is 2.73. The number of nitrogens with one attached hydrogen (secondary N) is 1. The van der Waals surface area contributed by atoms with Crippen molar-refractivity contribution in [1.29, 1.82) is 0 Å². The summed E-state index contributed by atoms with van der Waals surface area (Å²) in [5.41, 5.74) is 0. The molecule has 2 aliphatic rings. The second-order valence-corrected chi connectivity index (χ2v) is 3.68. The molecule has 0 aromatic carbocycles. The van der Waals surface area contributed by atoms with Crippen molar-refractivity contribution in [2.24, 2.45) is 5.92 Å². The van der Waals surface area contributed by atoms with Crippen LogP contribution in [0.15, 0.2) is 12.2 Å². The van der Waals surface area contributed by atoms with Gasteiger partial charge in [0.1, 0.15) is 0 Å². The van der Waals surface area contributed by atoms with Gasteiger partial charge >= 0.3 is 6.03 Å². The third-order valence-corrected chi connectivity index (χ3v) is 2.37. The van der Waals surface area contributed by atoms with Crippen molar-refractivity contribution in [3.05, 3.63) is 12.2 Å². The lowest BCUT2D eigenvalue weighted by Gasteiger charge is -2.21. The molecule has 0 atom stereocenters. The Bertz CT molecular complexity index is 307. The third-order valence-electron chi connectivity index (χ3n) is 2.37. The largest absolute Gasteiger partial charge is 0.329 e. The van der Waals surface area contributed by atoms with Crippen molar-refractivity contribution < 1.29 is 4.79 Å². The molecule has 1 N–H and O–H groups in total. The molecular formula is C11H14N2O. The molecule has 0 bridgehead atoms. The number of amides is 2. The molecule has 1 heterocycles. The predicted octanol–water partition coefficient (Wildman–Crippen LogP) is 1.33. The monoisotopic (exact) mass is 190 g/mol. The number of rotatable bonds is 0. The zero-order valence-electron chi connectivity index (χ0n) is 8.12. The fourth-order valence-electron chi connectivity index (χ4n) is 1.32. The number of carbonyl (C=O) groups excluding carboxylic acids is 1. The van der Waals surface area contributed by atoms with Crippen LogP contribution < -0.4 is 5.32 Å². The first kappa shape index (κ1) is 9.14. The lowest BCUT2D eigenvalue weighted by atomic mass is 10.3. The summed E-state index contributed by atoms with van der Waals surface area (Å²) in [5.74, 6) is 3.54. The quantitative estimate of drug-likeness (QED) is 0.349. The van der Waals surface area contributed by atoms with Crippen LogP contribution in [-0.4, -0.2) is 24.0 Å². The van der Waals surface area contributed by atoms with Gasteiger partial charge in [0, 0.05) is 25.1 Å². The van der Waals surface area contributed by atoms with E-state index in [-0.39, 0.29) is 6.03 Å². The Morgan fingerprint density at radius 1 is 1.43 bits per heavy atom. The van der Waals surface area contributed by atoms with Crippen LogP contribution in [0.4, 0.5) is 4.79 Å². The van der Waals surface area contributed by atoms with Crippen molar-refractivity contribution in [3.8, 4) is 12.0 Å². The first-order valence-electron chi connectivity index (χ1n) is 5.07. The minimum atomic E-state index is -0.0671. The molecule has 3 heteroatoms. The van der Waals surface area contributed by atoms with E-state index in [1.807, 2.05) is 6.08 Å². The molecule has 0 saturated heterocycles. The van der Waals surface area contributed by atoms with Crippen molar-refractivity contribution in [1.82, 2.24) is 10.2 Å². The summed E-state index contributed by atoms with van der Waals surface area (Å²) >= 11 is 0. The Morgan fingerprint density at radius 3 is 2.93 bits per heavy atom. The second kappa shape index (κ2) is 4.19. The number of nitrogens with zero attached hydrogens (tertiary/aromatic N) is 1. The molecule has 0 aromatic rings. The van der Waals surface area contributed by atoms with Crippen LogP contribution in [0.1, 0.15) is 19.3 Å². The van der Waals surface area contributed by atoms with Gasteiger partial charge in [-0.15, -0.1) is 0 Å². The summed E-state index contributed by atoms with van der Waals surface area (Å²) < 4.78 is 0. The van der Waals surface area contributed by atoms with Gasteiger partial charge in [-0.25, -0.2) is 4.79 Å². The summed E-state index contributed by atoms with van der Waals surface area (Å²) in [7, 11) is 0. The smallest absolute Gasteiger partial charge is 0.320 e. The molecule has 1 fully saturated rings. The van der Waals surface area contributed by atoms with Crippen LogP contribution in [0.25, 0.3) is 0 Å². The van der Waals surface area contributed by atoms with Gasteiger partial charge in [0.15, 0.2) is 0 Å². The number of carbonyl (C=O) groups is 1. The molecule has 2 rings (SSSR count). The second-order valence-electron chi connectivity index (χ2n) is 3.68. The molecule has 1 aliphatic carbocycles. The zero-order valence-corrected chi connectivity index (χ0v) is 8.12. The average molecular weight is 190 g/mol. The minimum absolute atomic E-state index is 0.0671. The molecule has 1 aliphatic heterocycles. The van der Waals surface area contributed by atoms with E-state index < -0.39 is 0 Å². The highest BCUT2D eigenvalue weighted by molar-refractivity contribution is 5.76. The highest BCUT2D eigenvalue weighted by atomic mass is 16.2. The Labute approximate surface area is 84.2 Å². The van der Waals surface area contributed by atoms with Gasteiger partial charge in [-0.1, -0.05) is 18.1 Å². The summed E-state index contributed by atoms with van der Waals surface area (Å²) in [6.07, 6.45) is 7.44. The first-order valence-corrected chi connectivity index (χ1v) is 5.07. The molecule has 0 spiro atoms. The summed E-state index contributed by atoms with van der Waals surface area (Å²) in [6.45, 7) is 1.50. The van der Waals surface area contributed by atoms with Gasteiger partial charge in [-0.3, -0.25) is 5.32 Å². The summed E-state index contributed by atoms with van der Waals surface area (Å²) in [5, 5.41) is 2.62. The SMILES string of the molecule is O=C(NC#CC1CC1)N1CC=CCC1. The minimum Gasteiger partial charge on any atom is -0.320 e. The molecule has 74 valence electrons. The van der Waals surface area contributed by atoms with Gasteiger partial charge < -0.3 is 4.90 Å². The average Bonchev–Trinajstić information content (AvgIpc) is 3.03. The Morgan fingerprint density at radius 2 is 2.29 bits per heavy atom. The van der Waals surface area contributed by atoms with Crippen LogP contribution in [0.2, 0.25) is 0 Å². The molecule has 0 aromatic heterocycles. The lowest BCUT2D eigenvalue weighted by molar-refractivity contribution is 0.207. The highest BCUT2D eigenvalue weighted by Crippen LogP contribution is 2.27. The van der Waals surface area contributed by atoms with Gasteiger partial charge in [-0.2, -0.15) is 0 Å². The number of hydrogen-bond donors (Lipinski definition) is 1. The van der Waals surface area contributed by atoms with E-state index in [4.69, 9.17) is 0 Å². The topological polar surface area (TPSA) is 32.3 Å². The van der Waals surface area contributed by atoms with E-state index in [2.05, 4.69) is 23.4 Å². The molecule has 3 nitrogen and oxygen atoms in total. The molecule has 0 radical (unpaired) electrons. The lowest BCUT2D eigenvalue weighted by Crippen LogP contribution is -2.39. The molecule has 0 unspecified atom stereocenters. The molecule has 2 amide bonds. The number of urea groups is 1. The zero-order chi connectivity index (χ0) is 9.80. The van der Waals surface area contributed by atoms with Crippen molar-refractivity contribution in [2.45, 2.75) is 19.3 Å². The van der Waals surface area contributed by atoms with Crippen LogP contribution in [0.3, 0.4) is 0 Å². The van der Waals surface area contributed by atoms with Crippen LogP contribution >= 0.6 is 0 Å². The van der Waals surface area contributed by atoms with Crippen LogP contribution in [0, 0.1) is 17.9 Å². The maximum atomic E-state index is 11.5. The summed E-state index contributed by atoms with van der Waals surface area (Å²) in [4.78, 5) is 13.2. The fraction of sp³-hybridized carbons (Fsp3) is 0.545. The fourth-order valence-corrected chi connectivity index (χ4v) is 1.32. The standard InChI is InChI=1S/C11H14N2O/c14-11(12-7-6-10-4-5-10)13-8-2-1-3-9-13/h1-2,10H,3-5,8-9H2,(H,12,14). The van der Waals surface area contributed by atoms with E-state index >= 15 is 0 Å². The maximum Gasteiger partial charge on any atom is 0.329 e. The van der Waals surface area contributed by atoms with Crippen LogP contribution in [-0.2, 0) is 0 Å². The molecule has 14 heavy (non-hydrogen) atoms. The third kappa shape index (κ3) is 2.53. The Hall–Kier alpha value is -1.43. The van der Waals surface area contributed by atoms with Gasteiger partial charge in [0.25, 0.3) is 0 Å². The summed E-state index contributed by atoms with van der Waals surface area (Å²) in [6, 6.07) is 2.66. The van der Waals surface area contributed by atoms with E-state index in [1.54, 1.807) is 4.90 Å². The van der Waals surface area contributed by atoms with Crippen molar-refractivity contribution in [3.63, 3.8) is 0 Å². The first-order chi connectivity index (χ1) is 6.86. The predicted molar refractivity (Wildman–Crippen MR) is 54.4 cm³/mol. The maximum absolute atomic E-state index is 11.5. The van der Waals surface area contributed by atoms with Crippen molar-refractivity contribution >= 4 is 6.03 Å².